The second-order valence-electron chi connectivity index (χ2n) is 4.88. The molecule has 0 aromatic carbocycles. The van der Waals surface area contributed by atoms with Crippen LogP contribution < -0.4 is 5.32 Å². The van der Waals surface area contributed by atoms with Crippen molar-refractivity contribution >= 4 is 18.0 Å². The summed E-state index contributed by atoms with van der Waals surface area (Å²) in [7, 11) is 0. The average Bonchev–Trinajstić information content (AvgIpc) is 2.34. The Morgan fingerprint density at radius 1 is 1.47 bits per heavy atom. The normalized spacial score (nSPS) is 21.9. The lowest BCUT2D eigenvalue weighted by atomic mass is 9.82. The van der Waals surface area contributed by atoms with Crippen LogP contribution in [0.25, 0.3) is 6.08 Å². The number of hydrogen-bond acceptors (Lipinski definition) is 3. The van der Waals surface area contributed by atoms with E-state index in [1.165, 1.54) is 18.5 Å². The van der Waals surface area contributed by atoms with Gasteiger partial charge in [0.15, 0.2) is 0 Å². The van der Waals surface area contributed by atoms with Crippen molar-refractivity contribution in [3.05, 3.63) is 35.7 Å². The minimum Gasteiger partial charge on any atom is -0.478 e. The topological polar surface area (TPSA) is 79.3 Å². The molecule has 1 heterocycles. The van der Waals surface area contributed by atoms with Gasteiger partial charge in [0.25, 0.3) is 5.91 Å². The molecule has 1 aliphatic rings. The van der Waals surface area contributed by atoms with Gasteiger partial charge >= 0.3 is 5.97 Å². The third-order valence-corrected chi connectivity index (χ3v) is 3.21. The average molecular weight is 260 g/mol. The quantitative estimate of drug-likeness (QED) is 0.808. The van der Waals surface area contributed by atoms with Gasteiger partial charge in [-0.1, -0.05) is 6.92 Å². The smallest absolute Gasteiger partial charge is 0.328 e. The first-order chi connectivity index (χ1) is 9.06. The highest BCUT2D eigenvalue weighted by atomic mass is 16.4. The fourth-order valence-electron chi connectivity index (χ4n) is 2.19. The fourth-order valence-corrected chi connectivity index (χ4v) is 2.19. The molecule has 1 aliphatic carbocycles. The van der Waals surface area contributed by atoms with E-state index in [1.54, 1.807) is 6.07 Å². The summed E-state index contributed by atoms with van der Waals surface area (Å²) in [6.45, 7) is 2.15. The molecular weight excluding hydrogens is 244 g/mol. The van der Waals surface area contributed by atoms with E-state index in [1.807, 2.05) is 0 Å². The SMILES string of the molecule is CC1CC(NC(=O)c2ccncc2/C=C/C(=O)O)C1. The number of hydrogen-bond donors (Lipinski definition) is 2. The molecule has 0 bridgehead atoms. The maximum Gasteiger partial charge on any atom is 0.328 e. The summed E-state index contributed by atoms with van der Waals surface area (Å²) >= 11 is 0. The Morgan fingerprint density at radius 3 is 2.84 bits per heavy atom. The number of pyridine rings is 1. The molecule has 100 valence electrons. The molecule has 1 aromatic heterocycles. The largest absolute Gasteiger partial charge is 0.478 e. The molecule has 5 nitrogen and oxygen atoms in total. The van der Waals surface area contributed by atoms with E-state index < -0.39 is 5.97 Å². The highest BCUT2D eigenvalue weighted by molar-refractivity contribution is 5.98. The number of nitrogens with one attached hydrogen (secondary N) is 1. The lowest BCUT2D eigenvalue weighted by Crippen LogP contribution is -2.43. The Bertz CT molecular complexity index is 519. The van der Waals surface area contributed by atoms with Crippen LogP contribution in [0.2, 0.25) is 0 Å². The molecule has 0 aliphatic heterocycles. The summed E-state index contributed by atoms with van der Waals surface area (Å²) in [6, 6.07) is 1.82. The van der Waals surface area contributed by atoms with Gasteiger partial charge in [-0.3, -0.25) is 9.78 Å². The van der Waals surface area contributed by atoms with Crippen molar-refractivity contribution in [3.63, 3.8) is 0 Å². The van der Waals surface area contributed by atoms with E-state index in [0.717, 1.165) is 18.9 Å². The van der Waals surface area contributed by atoms with Gasteiger partial charge < -0.3 is 10.4 Å². The first-order valence-corrected chi connectivity index (χ1v) is 6.22. The van der Waals surface area contributed by atoms with Crippen molar-refractivity contribution in [2.75, 3.05) is 0 Å². The molecule has 2 N–H and O–H groups in total. The van der Waals surface area contributed by atoms with E-state index in [2.05, 4.69) is 17.2 Å². The van der Waals surface area contributed by atoms with Gasteiger partial charge in [0, 0.05) is 35.6 Å². The maximum absolute atomic E-state index is 12.1. The number of carbonyl (C=O) groups is 2. The molecular formula is C14H16N2O3. The molecule has 5 heteroatoms. The molecule has 1 aromatic rings. The standard InChI is InChI=1S/C14H16N2O3/c1-9-6-11(7-9)16-14(19)12-4-5-15-8-10(12)2-3-13(17)18/h2-5,8-9,11H,6-7H2,1H3,(H,16,19)(H,17,18)/b3-2+. The number of amides is 1. The van der Waals surface area contributed by atoms with Crippen LogP contribution in [-0.4, -0.2) is 28.0 Å². The monoisotopic (exact) mass is 260 g/mol. The number of carbonyl (C=O) groups excluding carboxylic acids is 1. The van der Waals surface area contributed by atoms with E-state index in [-0.39, 0.29) is 11.9 Å². The zero-order valence-corrected chi connectivity index (χ0v) is 10.7. The van der Waals surface area contributed by atoms with Crippen molar-refractivity contribution in [2.24, 2.45) is 5.92 Å². The van der Waals surface area contributed by atoms with Crippen LogP contribution in [0.3, 0.4) is 0 Å². The minimum absolute atomic E-state index is 0.177. The van der Waals surface area contributed by atoms with Crippen LogP contribution in [0.4, 0.5) is 0 Å². The molecule has 0 spiro atoms. The summed E-state index contributed by atoms with van der Waals surface area (Å²) in [6.07, 6.45) is 7.38. The molecule has 2 rings (SSSR count). The number of carboxylic acids is 1. The molecule has 0 atom stereocenters. The zero-order valence-electron chi connectivity index (χ0n) is 10.7. The number of rotatable bonds is 4. The summed E-state index contributed by atoms with van der Waals surface area (Å²) in [4.78, 5) is 26.5. The minimum atomic E-state index is -1.05. The highest BCUT2D eigenvalue weighted by Gasteiger charge is 2.27. The lowest BCUT2D eigenvalue weighted by molar-refractivity contribution is -0.131. The summed E-state index contributed by atoms with van der Waals surface area (Å²) in [5.41, 5.74) is 0.960. The molecule has 1 amide bonds. The van der Waals surface area contributed by atoms with Crippen LogP contribution in [0.5, 0.6) is 0 Å². The molecule has 0 radical (unpaired) electrons. The highest BCUT2D eigenvalue weighted by Crippen LogP contribution is 2.26. The third kappa shape index (κ3) is 3.40. The van der Waals surface area contributed by atoms with Crippen LogP contribution in [-0.2, 0) is 4.79 Å². The van der Waals surface area contributed by atoms with Crippen molar-refractivity contribution in [1.82, 2.24) is 10.3 Å². The second-order valence-corrected chi connectivity index (χ2v) is 4.88. The summed E-state index contributed by atoms with van der Waals surface area (Å²) in [5.74, 6) is -0.568. The van der Waals surface area contributed by atoms with Crippen LogP contribution >= 0.6 is 0 Å². The van der Waals surface area contributed by atoms with Gasteiger partial charge in [-0.05, 0) is 30.9 Å². The van der Waals surface area contributed by atoms with Crippen molar-refractivity contribution < 1.29 is 14.7 Å². The number of aromatic nitrogens is 1. The maximum atomic E-state index is 12.1. The molecule has 1 fully saturated rings. The Kier molecular flexibility index (Phi) is 3.94. The first kappa shape index (κ1) is 13.3. The number of nitrogens with zero attached hydrogens (tertiary/aromatic N) is 1. The number of aliphatic carboxylic acids is 1. The summed E-state index contributed by atoms with van der Waals surface area (Å²) in [5, 5.41) is 11.6. The van der Waals surface area contributed by atoms with E-state index >= 15 is 0 Å². The fraction of sp³-hybridized carbons (Fsp3) is 0.357. The predicted molar refractivity (Wildman–Crippen MR) is 70.6 cm³/mol. The Balaban J connectivity index is 2.10. The second kappa shape index (κ2) is 5.65. The summed E-state index contributed by atoms with van der Waals surface area (Å²) < 4.78 is 0. The molecule has 0 unspecified atom stereocenters. The van der Waals surface area contributed by atoms with Crippen LogP contribution in [0.15, 0.2) is 24.5 Å². The van der Waals surface area contributed by atoms with Gasteiger partial charge in [-0.25, -0.2) is 4.79 Å². The molecule has 1 saturated carbocycles. The van der Waals surface area contributed by atoms with Gasteiger partial charge in [0.1, 0.15) is 0 Å². The van der Waals surface area contributed by atoms with Gasteiger partial charge in [-0.2, -0.15) is 0 Å². The Morgan fingerprint density at radius 2 is 2.21 bits per heavy atom. The molecule has 0 saturated heterocycles. The van der Waals surface area contributed by atoms with Crippen molar-refractivity contribution in [1.29, 1.82) is 0 Å². The van der Waals surface area contributed by atoms with Gasteiger partial charge in [0.2, 0.25) is 0 Å². The predicted octanol–water partition coefficient (Wildman–Crippen LogP) is 1.71. The lowest BCUT2D eigenvalue weighted by Gasteiger charge is -2.33. The van der Waals surface area contributed by atoms with Gasteiger partial charge in [0.05, 0.1) is 0 Å². The van der Waals surface area contributed by atoms with Crippen LogP contribution in [0, 0.1) is 5.92 Å². The van der Waals surface area contributed by atoms with Gasteiger partial charge in [-0.15, -0.1) is 0 Å². The van der Waals surface area contributed by atoms with Crippen molar-refractivity contribution in [3.8, 4) is 0 Å². The van der Waals surface area contributed by atoms with Crippen LogP contribution in [0.1, 0.15) is 35.7 Å². The van der Waals surface area contributed by atoms with E-state index in [4.69, 9.17) is 5.11 Å². The molecule has 19 heavy (non-hydrogen) atoms. The Hall–Kier alpha value is -2.17. The third-order valence-electron chi connectivity index (χ3n) is 3.21. The Labute approximate surface area is 111 Å². The number of carboxylic acid groups (broad SMARTS) is 1. The first-order valence-electron chi connectivity index (χ1n) is 6.22. The van der Waals surface area contributed by atoms with E-state index in [0.29, 0.717) is 17.0 Å². The van der Waals surface area contributed by atoms with Crippen molar-refractivity contribution in [2.45, 2.75) is 25.8 Å². The zero-order chi connectivity index (χ0) is 13.8. The van der Waals surface area contributed by atoms with E-state index in [9.17, 15) is 9.59 Å².